The van der Waals surface area contributed by atoms with Gasteiger partial charge < -0.3 is 44.8 Å². The lowest BCUT2D eigenvalue weighted by Gasteiger charge is -2.40. The van der Waals surface area contributed by atoms with E-state index in [1.54, 1.807) is 0 Å². The molecule has 1 aliphatic rings. The molecule has 0 radical (unpaired) electrons. The van der Waals surface area contributed by atoms with Gasteiger partial charge in [-0.15, -0.1) is 0 Å². The molecule has 9 nitrogen and oxygen atoms in total. The van der Waals surface area contributed by atoms with E-state index in [2.05, 4.69) is 0 Å². The molecule has 9 unspecified atom stereocenters. The lowest BCUT2D eigenvalue weighted by molar-refractivity contribution is -0.307. The van der Waals surface area contributed by atoms with Gasteiger partial charge in [-0.25, -0.2) is 0 Å². The van der Waals surface area contributed by atoms with E-state index < -0.39 is 55.6 Å². The van der Waals surface area contributed by atoms with Crippen molar-refractivity contribution in [2.24, 2.45) is 11.8 Å². The second-order valence-electron chi connectivity index (χ2n) is 6.89. The van der Waals surface area contributed by atoms with Crippen LogP contribution in [0, 0.1) is 11.8 Å². The molecule has 150 valence electrons. The fraction of sp³-hybridized carbons (Fsp3) is 1.00. The van der Waals surface area contributed by atoms with Crippen LogP contribution in [0.1, 0.15) is 20.8 Å². The zero-order valence-corrected chi connectivity index (χ0v) is 15.1. The van der Waals surface area contributed by atoms with E-state index in [0.29, 0.717) is 0 Å². The molecule has 9 atom stereocenters. The van der Waals surface area contributed by atoms with E-state index >= 15 is 0 Å². The summed E-state index contributed by atoms with van der Waals surface area (Å²) in [5.74, 6) is -0.0339. The van der Waals surface area contributed by atoms with E-state index in [4.69, 9.17) is 19.3 Å². The van der Waals surface area contributed by atoms with Gasteiger partial charge in [-0.3, -0.25) is 0 Å². The van der Waals surface area contributed by atoms with Gasteiger partial charge >= 0.3 is 0 Å². The second-order valence-corrected chi connectivity index (χ2v) is 6.89. The van der Waals surface area contributed by atoms with Crippen molar-refractivity contribution in [1.29, 1.82) is 0 Å². The van der Waals surface area contributed by atoms with E-state index in [-0.39, 0.29) is 18.4 Å². The third-order valence-electron chi connectivity index (χ3n) is 4.90. The topological polar surface area (TPSA) is 149 Å². The predicted molar refractivity (Wildman–Crippen MR) is 86.5 cm³/mol. The summed E-state index contributed by atoms with van der Waals surface area (Å²) < 4.78 is 15.7. The number of hydrogen-bond donors (Lipinski definition) is 6. The van der Waals surface area contributed by atoms with Gasteiger partial charge in [-0.05, 0) is 11.8 Å². The highest BCUT2D eigenvalue weighted by molar-refractivity contribution is 4.89. The highest BCUT2D eigenvalue weighted by atomic mass is 16.7. The Balaban J connectivity index is 2.66. The number of aliphatic hydroxyl groups is 6. The predicted octanol–water partition coefficient (Wildman–Crippen LogP) is -2.17. The van der Waals surface area contributed by atoms with Gasteiger partial charge in [0.2, 0.25) is 0 Å². The normalized spacial score (nSPS) is 35.4. The SMILES string of the molecule is COC(COC1OC(CO)C(O)C(O)C1O)C(O)C(O)C(C)C(C)C. The molecule has 6 N–H and O–H groups in total. The Morgan fingerprint density at radius 3 is 2.04 bits per heavy atom. The standard InChI is InChI=1S/C16H32O9/c1-7(2)8(3)11(18)13(20)10(23-4)6-24-16-15(22)14(21)12(19)9(5-17)25-16/h7-22H,5-6H2,1-4H3. The summed E-state index contributed by atoms with van der Waals surface area (Å²) in [6.07, 6.45) is -10.1. The van der Waals surface area contributed by atoms with Crippen LogP contribution in [0.3, 0.4) is 0 Å². The summed E-state index contributed by atoms with van der Waals surface area (Å²) in [6, 6.07) is 0. The molecule has 1 aliphatic heterocycles. The quantitative estimate of drug-likeness (QED) is 0.267. The average Bonchev–Trinajstić information content (AvgIpc) is 2.60. The molecule has 0 aromatic heterocycles. The van der Waals surface area contributed by atoms with E-state index in [0.717, 1.165) is 0 Å². The van der Waals surface area contributed by atoms with Crippen molar-refractivity contribution >= 4 is 0 Å². The summed E-state index contributed by atoms with van der Waals surface area (Å²) >= 11 is 0. The van der Waals surface area contributed by atoms with Crippen molar-refractivity contribution in [3.05, 3.63) is 0 Å². The van der Waals surface area contributed by atoms with Crippen LogP contribution in [0.4, 0.5) is 0 Å². The van der Waals surface area contributed by atoms with Crippen LogP contribution in [0.5, 0.6) is 0 Å². The maximum Gasteiger partial charge on any atom is 0.186 e. The van der Waals surface area contributed by atoms with Crippen LogP contribution in [0.25, 0.3) is 0 Å². The molecule has 9 heteroatoms. The van der Waals surface area contributed by atoms with Gasteiger partial charge in [0, 0.05) is 7.11 Å². The molecular formula is C16H32O9. The smallest absolute Gasteiger partial charge is 0.186 e. The van der Waals surface area contributed by atoms with Gasteiger partial charge in [0.05, 0.1) is 19.3 Å². The second kappa shape index (κ2) is 10.1. The first-order chi connectivity index (χ1) is 11.6. The number of rotatable bonds is 9. The Bertz CT molecular complexity index is 379. The van der Waals surface area contributed by atoms with Crippen molar-refractivity contribution < 1.29 is 44.8 Å². The molecule has 0 saturated carbocycles. The molecule has 0 amide bonds. The molecule has 1 saturated heterocycles. The first kappa shape index (κ1) is 22.7. The molecule has 1 fully saturated rings. The van der Waals surface area contributed by atoms with Crippen LogP contribution < -0.4 is 0 Å². The van der Waals surface area contributed by atoms with Crippen LogP contribution in [-0.4, -0.2) is 100.0 Å². The summed E-state index contributed by atoms with van der Waals surface area (Å²) in [4.78, 5) is 0. The van der Waals surface area contributed by atoms with Crippen LogP contribution >= 0.6 is 0 Å². The molecule has 0 aromatic rings. The van der Waals surface area contributed by atoms with E-state index in [1.165, 1.54) is 7.11 Å². The Hall–Kier alpha value is -0.360. The molecule has 0 aromatic carbocycles. The van der Waals surface area contributed by atoms with Crippen molar-refractivity contribution in [3.8, 4) is 0 Å². The first-order valence-electron chi connectivity index (χ1n) is 8.46. The largest absolute Gasteiger partial charge is 0.394 e. The molecule has 1 rings (SSSR count). The molecular weight excluding hydrogens is 336 g/mol. The lowest BCUT2D eigenvalue weighted by atomic mass is 9.87. The third kappa shape index (κ3) is 5.56. The van der Waals surface area contributed by atoms with Gasteiger partial charge in [-0.1, -0.05) is 20.8 Å². The van der Waals surface area contributed by atoms with Crippen molar-refractivity contribution in [2.75, 3.05) is 20.3 Å². The van der Waals surface area contributed by atoms with Crippen LogP contribution in [-0.2, 0) is 14.2 Å². The summed E-state index contributed by atoms with van der Waals surface area (Å²) in [5, 5.41) is 59.1. The van der Waals surface area contributed by atoms with Gasteiger partial charge in [0.15, 0.2) is 6.29 Å². The molecule has 0 spiro atoms. The average molecular weight is 368 g/mol. The van der Waals surface area contributed by atoms with Crippen molar-refractivity contribution in [2.45, 2.75) is 69.8 Å². The number of methoxy groups -OCH3 is 1. The molecule has 1 heterocycles. The fourth-order valence-corrected chi connectivity index (χ4v) is 2.63. The van der Waals surface area contributed by atoms with Crippen LogP contribution in [0.15, 0.2) is 0 Å². The number of aliphatic hydroxyl groups excluding tert-OH is 6. The summed E-state index contributed by atoms with van der Waals surface area (Å²) in [5.41, 5.74) is 0. The highest BCUT2D eigenvalue weighted by Crippen LogP contribution is 2.24. The highest BCUT2D eigenvalue weighted by Gasteiger charge is 2.44. The summed E-state index contributed by atoms with van der Waals surface area (Å²) in [7, 11) is 1.34. The third-order valence-corrected chi connectivity index (χ3v) is 4.90. The van der Waals surface area contributed by atoms with E-state index in [1.807, 2.05) is 20.8 Å². The summed E-state index contributed by atoms with van der Waals surface area (Å²) in [6.45, 7) is 4.86. The Labute approximate surface area is 147 Å². The zero-order valence-electron chi connectivity index (χ0n) is 15.1. The van der Waals surface area contributed by atoms with E-state index in [9.17, 15) is 25.5 Å². The number of hydrogen-bond acceptors (Lipinski definition) is 9. The van der Waals surface area contributed by atoms with Crippen molar-refractivity contribution in [1.82, 2.24) is 0 Å². The Kier molecular flexibility index (Phi) is 9.16. The minimum atomic E-state index is -1.55. The molecule has 0 bridgehead atoms. The Morgan fingerprint density at radius 1 is 0.960 bits per heavy atom. The maximum atomic E-state index is 10.3. The lowest BCUT2D eigenvalue weighted by Crippen LogP contribution is -2.59. The minimum Gasteiger partial charge on any atom is -0.394 e. The van der Waals surface area contributed by atoms with Crippen LogP contribution in [0.2, 0.25) is 0 Å². The number of ether oxygens (including phenoxy) is 3. The first-order valence-corrected chi connectivity index (χ1v) is 8.46. The van der Waals surface area contributed by atoms with Gasteiger partial charge in [-0.2, -0.15) is 0 Å². The Morgan fingerprint density at radius 2 is 1.56 bits per heavy atom. The zero-order chi connectivity index (χ0) is 19.3. The molecule has 25 heavy (non-hydrogen) atoms. The maximum absolute atomic E-state index is 10.3. The monoisotopic (exact) mass is 368 g/mol. The van der Waals surface area contributed by atoms with Crippen molar-refractivity contribution in [3.63, 3.8) is 0 Å². The van der Waals surface area contributed by atoms with Gasteiger partial charge in [0.1, 0.15) is 36.6 Å². The molecule has 0 aliphatic carbocycles. The minimum absolute atomic E-state index is 0.147. The van der Waals surface area contributed by atoms with Gasteiger partial charge in [0.25, 0.3) is 0 Å². The fourth-order valence-electron chi connectivity index (χ4n) is 2.63.